The van der Waals surface area contributed by atoms with Gasteiger partial charge in [-0.15, -0.1) is 0 Å². The molecule has 4 nitrogen and oxygen atoms in total. The zero-order valence-corrected chi connectivity index (χ0v) is 16.0. The number of hydrogen-bond donors (Lipinski definition) is 2. The largest absolute Gasteiger partial charge is 0.396 e. The van der Waals surface area contributed by atoms with Gasteiger partial charge in [-0.3, -0.25) is 0 Å². The number of aliphatic hydroxyl groups excluding tert-OH is 1. The second-order valence-corrected chi connectivity index (χ2v) is 8.63. The van der Waals surface area contributed by atoms with Crippen LogP contribution in [0.2, 0.25) is 0 Å². The lowest BCUT2D eigenvalue weighted by molar-refractivity contribution is 0.160. The summed E-state index contributed by atoms with van der Waals surface area (Å²) < 4.78 is 28.5. The van der Waals surface area contributed by atoms with Gasteiger partial charge in [0, 0.05) is 12.5 Å². The minimum absolute atomic E-state index is 0.0906. The Morgan fingerprint density at radius 3 is 1.84 bits per heavy atom. The van der Waals surface area contributed by atoms with Gasteiger partial charge in [0.05, 0.1) is 10.9 Å². The maximum Gasteiger partial charge on any atom is 0.241 e. The van der Waals surface area contributed by atoms with Crippen molar-refractivity contribution in [2.45, 2.75) is 38.6 Å². The molecule has 25 heavy (non-hydrogen) atoms. The first-order valence-corrected chi connectivity index (χ1v) is 9.99. The zero-order chi connectivity index (χ0) is 18.6. The first kappa shape index (κ1) is 19.6. The summed E-state index contributed by atoms with van der Waals surface area (Å²) >= 11 is 0. The van der Waals surface area contributed by atoms with E-state index >= 15 is 0 Å². The van der Waals surface area contributed by atoms with Crippen molar-refractivity contribution in [3.63, 3.8) is 0 Å². The first-order valence-electron chi connectivity index (χ1n) is 8.51. The van der Waals surface area contributed by atoms with Crippen molar-refractivity contribution < 1.29 is 13.5 Å². The maximum absolute atomic E-state index is 12.8. The van der Waals surface area contributed by atoms with Crippen LogP contribution in [0.5, 0.6) is 0 Å². The fourth-order valence-corrected chi connectivity index (χ4v) is 4.11. The molecule has 0 aliphatic carbocycles. The quantitative estimate of drug-likeness (QED) is 0.792. The van der Waals surface area contributed by atoms with Gasteiger partial charge < -0.3 is 5.11 Å². The predicted octanol–water partition coefficient (Wildman–Crippen LogP) is 3.59. The van der Waals surface area contributed by atoms with Gasteiger partial charge in [-0.05, 0) is 37.5 Å². The lowest BCUT2D eigenvalue weighted by atomic mass is 9.85. The van der Waals surface area contributed by atoms with Crippen molar-refractivity contribution in [2.75, 3.05) is 6.61 Å². The Balaban J connectivity index is 2.41. The lowest BCUT2D eigenvalue weighted by Crippen LogP contribution is -2.37. The Morgan fingerprint density at radius 1 is 0.920 bits per heavy atom. The third kappa shape index (κ3) is 4.91. The van der Waals surface area contributed by atoms with Crippen molar-refractivity contribution in [2.24, 2.45) is 11.8 Å². The molecule has 2 N–H and O–H groups in total. The molecule has 136 valence electrons. The van der Waals surface area contributed by atoms with Gasteiger partial charge >= 0.3 is 0 Å². The van der Waals surface area contributed by atoms with Gasteiger partial charge in [-0.25, -0.2) is 13.1 Å². The van der Waals surface area contributed by atoms with E-state index in [1.165, 1.54) is 0 Å². The number of benzene rings is 2. The summed E-state index contributed by atoms with van der Waals surface area (Å²) in [5, 5.41) is 9.85. The highest BCUT2D eigenvalue weighted by Crippen LogP contribution is 2.30. The van der Waals surface area contributed by atoms with E-state index in [9.17, 15) is 13.5 Å². The summed E-state index contributed by atoms with van der Waals surface area (Å²) in [6, 6.07) is 14.0. The van der Waals surface area contributed by atoms with Crippen molar-refractivity contribution in [3.8, 4) is 0 Å². The molecular formula is C20H27NO3S. The fraction of sp³-hybridized carbons (Fsp3) is 0.400. The van der Waals surface area contributed by atoms with Gasteiger partial charge in [-0.1, -0.05) is 61.4 Å². The van der Waals surface area contributed by atoms with Gasteiger partial charge in [0.2, 0.25) is 10.0 Å². The summed E-state index contributed by atoms with van der Waals surface area (Å²) in [5.74, 6) is -0.0973. The molecule has 0 radical (unpaired) electrons. The molecule has 2 aromatic carbocycles. The summed E-state index contributed by atoms with van der Waals surface area (Å²) in [7, 11) is -3.68. The zero-order valence-electron chi connectivity index (χ0n) is 15.2. The first-order chi connectivity index (χ1) is 11.7. The molecule has 2 atom stereocenters. The molecule has 0 amide bonds. The maximum atomic E-state index is 12.8. The molecule has 0 aliphatic rings. The van der Waals surface area contributed by atoms with E-state index in [2.05, 4.69) is 4.72 Å². The number of aliphatic hydroxyl groups is 1. The second kappa shape index (κ2) is 8.13. The second-order valence-electron chi connectivity index (χ2n) is 6.91. The monoisotopic (exact) mass is 361 g/mol. The Hall–Kier alpha value is -1.69. The molecule has 0 aromatic heterocycles. The average Bonchev–Trinajstić information content (AvgIpc) is 2.55. The number of sulfonamides is 1. The SMILES string of the molecule is Cc1ccc([C@@H](NS(=O)(=O)c2ccc(C)cc2)[C@H](CO)C(C)C)cc1. The smallest absolute Gasteiger partial charge is 0.241 e. The molecule has 0 spiro atoms. The van der Waals surface area contributed by atoms with E-state index in [-0.39, 0.29) is 23.3 Å². The molecule has 2 aromatic rings. The van der Waals surface area contributed by atoms with E-state index in [1.54, 1.807) is 24.3 Å². The highest BCUT2D eigenvalue weighted by atomic mass is 32.2. The van der Waals surface area contributed by atoms with Crippen LogP contribution in [-0.2, 0) is 10.0 Å². The van der Waals surface area contributed by atoms with Crippen molar-refractivity contribution >= 4 is 10.0 Å². The molecule has 0 unspecified atom stereocenters. The third-order valence-corrected chi connectivity index (χ3v) is 6.00. The molecule has 0 saturated heterocycles. The minimum atomic E-state index is -3.68. The van der Waals surface area contributed by atoms with Crippen LogP contribution in [0.25, 0.3) is 0 Å². The lowest BCUT2D eigenvalue weighted by Gasteiger charge is -2.30. The van der Waals surface area contributed by atoms with Gasteiger partial charge in [0.25, 0.3) is 0 Å². The van der Waals surface area contributed by atoms with E-state index in [0.717, 1.165) is 16.7 Å². The molecule has 0 bridgehead atoms. The molecule has 0 heterocycles. The van der Waals surface area contributed by atoms with Crippen LogP contribution in [0.3, 0.4) is 0 Å². The van der Waals surface area contributed by atoms with Crippen molar-refractivity contribution in [1.82, 2.24) is 4.72 Å². The van der Waals surface area contributed by atoms with Gasteiger partial charge in [-0.2, -0.15) is 0 Å². The Morgan fingerprint density at radius 2 is 1.40 bits per heavy atom. The van der Waals surface area contributed by atoms with E-state index in [0.29, 0.717) is 0 Å². The standard InChI is InChI=1S/C20H27NO3S/c1-14(2)19(13-22)20(17-9-5-15(3)6-10-17)21-25(23,24)18-11-7-16(4)8-12-18/h5-12,14,19-22H,13H2,1-4H3/t19-,20-/m1/s1. The van der Waals surface area contributed by atoms with Crippen LogP contribution in [0.4, 0.5) is 0 Å². The molecular weight excluding hydrogens is 334 g/mol. The molecule has 0 aliphatic heterocycles. The predicted molar refractivity (Wildman–Crippen MR) is 101 cm³/mol. The minimum Gasteiger partial charge on any atom is -0.396 e. The van der Waals surface area contributed by atoms with Crippen LogP contribution in [0.15, 0.2) is 53.4 Å². The normalized spacial score (nSPS) is 14.5. The summed E-state index contributed by atoms with van der Waals surface area (Å²) in [6.45, 7) is 7.79. The average molecular weight is 362 g/mol. The topological polar surface area (TPSA) is 66.4 Å². The number of rotatable bonds is 7. The Kier molecular flexibility index (Phi) is 6.38. The van der Waals surface area contributed by atoms with Gasteiger partial charge in [0.1, 0.15) is 0 Å². The molecule has 0 saturated carbocycles. The third-order valence-electron chi connectivity index (χ3n) is 4.55. The van der Waals surface area contributed by atoms with E-state index in [1.807, 2.05) is 52.0 Å². The molecule has 5 heteroatoms. The van der Waals surface area contributed by atoms with E-state index in [4.69, 9.17) is 0 Å². The van der Waals surface area contributed by atoms with Crippen LogP contribution in [0, 0.1) is 25.7 Å². The van der Waals surface area contributed by atoms with Crippen molar-refractivity contribution in [1.29, 1.82) is 0 Å². The summed E-state index contributed by atoms with van der Waals surface area (Å²) in [4.78, 5) is 0.232. The number of aryl methyl sites for hydroxylation is 2. The molecule has 2 rings (SSSR count). The summed E-state index contributed by atoms with van der Waals surface area (Å²) in [5.41, 5.74) is 2.97. The Labute approximate surface area is 151 Å². The summed E-state index contributed by atoms with van der Waals surface area (Å²) in [6.07, 6.45) is 0. The van der Waals surface area contributed by atoms with Crippen LogP contribution < -0.4 is 4.72 Å². The van der Waals surface area contributed by atoms with Crippen LogP contribution >= 0.6 is 0 Å². The molecule has 0 fully saturated rings. The highest BCUT2D eigenvalue weighted by molar-refractivity contribution is 7.89. The van der Waals surface area contributed by atoms with Crippen molar-refractivity contribution in [3.05, 3.63) is 65.2 Å². The fourth-order valence-electron chi connectivity index (χ4n) is 2.83. The Bertz CT molecular complexity index is 781. The van der Waals surface area contributed by atoms with Crippen LogP contribution in [-0.4, -0.2) is 20.1 Å². The number of nitrogens with one attached hydrogen (secondary N) is 1. The van der Waals surface area contributed by atoms with E-state index < -0.39 is 16.1 Å². The number of hydrogen-bond acceptors (Lipinski definition) is 3. The van der Waals surface area contributed by atoms with Crippen LogP contribution in [0.1, 0.15) is 36.6 Å². The van der Waals surface area contributed by atoms with Gasteiger partial charge in [0.15, 0.2) is 0 Å². The highest BCUT2D eigenvalue weighted by Gasteiger charge is 2.30.